The lowest BCUT2D eigenvalue weighted by atomic mass is 10.1. The molecule has 0 unspecified atom stereocenters. The Morgan fingerprint density at radius 2 is 1.56 bits per heavy atom. The average molecular weight is 240 g/mol. The molecule has 1 N–H and O–H groups in total. The summed E-state index contributed by atoms with van der Waals surface area (Å²) < 4.78 is 0. The molecule has 0 saturated carbocycles. The standard InChI is InChI=1S/C14H12N2O2/c17-13-8-16(9-14(18)15-13)12-6-5-10-3-1-2-4-11(10)7-12/h1-7H,8-9H2,(H,15,17,18). The van der Waals surface area contributed by atoms with E-state index >= 15 is 0 Å². The summed E-state index contributed by atoms with van der Waals surface area (Å²) in [4.78, 5) is 24.5. The minimum atomic E-state index is -0.251. The summed E-state index contributed by atoms with van der Waals surface area (Å²) in [5.74, 6) is -0.501. The zero-order valence-electron chi connectivity index (χ0n) is 9.72. The van der Waals surface area contributed by atoms with Gasteiger partial charge in [-0.25, -0.2) is 0 Å². The third-order valence-corrected chi connectivity index (χ3v) is 3.05. The van der Waals surface area contributed by atoms with Gasteiger partial charge in [-0.2, -0.15) is 0 Å². The highest BCUT2D eigenvalue weighted by Gasteiger charge is 2.22. The Bertz CT molecular complexity index is 620. The molecule has 18 heavy (non-hydrogen) atoms. The fraction of sp³-hybridized carbons (Fsp3) is 0.143. The second-order valence-electron chi connectivity index (χ2n) is 4.36. The Hall–Kier alpha value is -2.36. The number of fused-ring (bicyclic) bond motifs is 1. The van der Waals surface area contributed by atoms with E-state index < -0.39 is 0 Å². The van der Waals surface area contributed by atoms with Gasteiger partial charge in [0, 0.05) is 5.69 Å². The molecule has 2 aromatic carbocycles. The van der Waals surface area contributed by atoms with Crippen LogP contribution in [0, 0.1) is 0 Å². The molecule has 1 fully saturated rings. The summed E-state index contributed by atoms with van der Waals surface area (Å²) in [7, 11) is 0. The van der Waals surface area contributed by atoms with Crippen molar-refractivity contribution in [2.45, 2.75) is 0 Å². The minimum Gasteiger partial charge on any atom is -0.353 e. The first-order chi connectivity index (χ1) is 8.72. The van der Waals surface area contributed by atoms with Gasteiger partial charge in [0.2, 0.25) is 11.8 Å². The summed E-state index contributed by atoms with van der Waals surface area (Å²) in [6.45, 7) is 0.453. The second kappa shape index (κ2) is 4.14. The molecule has 0 aromatic heterocycles. The van der Waals surface area contributed by atoms with Crippen LogP contribution in [0.2, 0.25) is 0 Å². The molecule has 3 rings (SSSR count). The molecule has 1 heterocycles. The number of hydrogen-bond donors (Lipinski definition) is 1. The van der Waals surface area contributed by atoms with E-state index in [9.17, 15) is 9.59 Å². The lowest BCUT2D eigenvalue weighted by Crippen LogP contribution is -2.51. The highest BCUT2D eigenvalue weighted by Crippen LogP contribution is 2.22. The molecule has 0 radical (unpaired) electrons. The van der Waals surface area contributed by atoms with Crippen LogP contribution < -0.4 is 10.2 Å². The summed E-state index contributed by atoms with van der Waals surface area (Å²) in [6, 6.07) is 14.0. The molecule has 90 valence electrons. The molecule has 2 amide bonds. The van der Waals surface area contributed by atoms with Crippen molar-refractivity contribution >= 4 is 28.3 Å². The van der Waals surface area contributed by atoms with Gasteiger partial charge in [-0.05, 0) is 22.9 Å². The van der Waals surface area contributed by atoms with Gasteiger partial charge in [0.05, 0.1) is 13.1 Å². The van der Waals surface area contributed by atoms with Crippen LogP contribution in [-0.4, -0.2) is 24.9 Å². The molecular weight excluding hydrogens is 228 g/mol. The van der Waals surface area contributed by atoms with Crippen molar-refractivity contribution in [2.24, 2.45) is 0 Å². The van der Waals surface area contributed by atoms with Crippen LogP contribution >= 0.6 is 0 Å². The number of rotatable bonds is 1. The van der Waals surface area contributed by atoms with Gasteiger partial charge in [0.1, 0.15) is 0 Å². The molecule has 1 saturated heterocycles. The van der Waals surface area contributed by atoms with Crippen LogP contribution in [0.1, 0.15) is 0 Å². The predicted molar refractivity (Wildman–Crippen MR) is 69.3 cm³/mol. The number of carbonyl (C=O) groups excluding carboxylic acids is 2. The Morgan fingerprint density at radius 1 is 0.889 bits per heavy atom. The van der Waals surface area contributed by atoms with Crippen LogP contribution in [0.3, 0.4) is 0 Å². The van der Waals surface area contributed by atoms with Gasteiger partial charge in [0.15, 0.2) is 0 Å². The average Bonchev–Trinajstić information content (AvgIpc) is 2.37. The largest absolute Gasteiger partial charge is 0.353 e. The predicted octanol–water partition coefficient (Wildman–Crippen LogP) is 1.30. The third kappa shape index (κ3) is 1.93. The van der Waals surface area contributed by atoms with E-state index in [1.165, 1.54) is 0 Å². The van der Waals surface area contributed by atoms with E-state index in [2.05, 4.69) is 5.32 Å². The fourth-order valence-corrected chi connectivity index (χ4v) is 2.19. The smallest absolute Gasteiger partial charge is 0.246 e. The van der Waals surface area contributed by atoms with Crippen molar-refractivity contribution in [1.82, 2.24) is 5.32 Å². The monoisotopic (exact) mass is 240 g/mol. The number of nitrogens with zero attached hydrogens (tertiary/aromatic N) is 1. The molecular formula is C14H12N2O2. The lowest BCUT2D eigenvalue weighted by Gasteiger charge is -2.27. The lowest BCUT2D eigenvalue weighted by molar-refractivity contribution is -0.130. The van der Waals surface area contributed by atoms with Gasteiger partial charge in [0.25, 0.3) is 0 Å². The topological polar surface area (TPSA) is 49.4 Å². The van der Waals surface area contributed by atoms with Gasteiger partial charge in [-0.1, -0.05) is 30.3 Å². The molecule has 0 atom stereocenters. The van der Waals surface area contributed by atoms with E-state index in [0.29, 0.717) is 0 Å². The molecule has 4 heteroatoms. The maximum absolute atomic E-state index is 11.3. The van der Waals surface area contributed by atoms with E-state index in [0.717, 1.165) is 16.5 Å². The molecule has 4 nitrogen and oxygen atoms in total. The number of anilines is 1. The number of imide groups is 1. The Morgan fingerprint density at radius 3 is 2.28 bits per heavy atom. The number of carbonyl (C=O) groups is 2. The fourth-order valence-electron chi connectivity index (χ4n) is 2.19. The zero-order chi connectivity index (χ0) is 12.5. The van der Waals surface area contributed by atoms with Gasteiger partial charge < -0.3 is 4.90 Å². The first-order valence-electron chi connectivity index (χ1n) is 5.79. The molecule has 2 aromatic rings. The van der Waals surface area contributed by atoms with Crippen molar-refractivity contribution in [3.63, 3.8) is 0 Å². The summed E-state index contributed by atoms with van der Waals surface area (Å²) in [6.07, 6.45) is 0. The van der Waals surface area contributed by atoms with E-state index in [-0.39, 0.29) is 24.9 Å². The van der Waals surface area contributed by atoms with Crippen LogP contribution in [0.5, 0.6) is 0 Å². The maximum Gasteiger partial charge on any atom is 0.246 e. The highest BCUT2D eigenvalue weighted by molar-refractivity contribution is 6.03. The van der Waals surface area contributed by atoms with Crippen molar-refractivity contribution < 1.29 is 9.59 Å². The van der Waals surface area contributed by atoms with Gasteiger partial charge in [-0.15, -0.1) is 0 Å². The number of piperazine rings is 1. The number of nitrogens with one attached hydrogen (secondary N) is 1. The number of hydrogen-bond acceptors (Lipinski definition) is 3. The molecule has 0 spiro atoms. The van der Waals surface area contributed by atoms with E-state index in [1.807, 2.05) is 42.5 Å². The van der Waals surface area contributed by atoms with Gasteiger partial charge in [-0.3, -0.25) is 14.9 Å². The summed E-state index contributed by atoms with van der Waals surface area (Å²) in [5, 5.41) is 4.55. The van der Waals surface area contributed by atoms with Gasteiger partial charge >= 0.3 is 0 Å². The van der Waals surface area contributed by atoms with Crippen molar-refractivity contribution in [1.29, 1.82) is 0 Å². The van der Waals surface area contributed by atoms with Crippen LogP contribution in [0.25, 0.3) is 10.8 Å². The van der Waals surface area contributed by atoms with E-state index in [4.69, 9.17) is 0 Å². The molecule has 1 aliphatic heterocycles. The highest BCUT2D eigenvalue weighted by atomic mass is 16.2. The molecule has 0 aliphatic carbocycles. The Kier molecular flexibility index (Phi) is 2.48. The third-order valence-electron chi connectivity index (χ3n) is 3.05. The quantitative estimate of drug-likeness (QED) is 0.764. The van der Waals surface area contributed by atoms with Crippen molar-refractivity contribution in [3.8, 4) is 0 Å². The first kappa shape index (κ1) is 10.8. The molecule has 1 aliphatic rings. The normalized spacial score (nSPS) is 15.9. The summed E-state index contributed by atoms with van der Waals surface area (Å²) in [5.41, 5.74) is 0.900. The number of benzene rings is 2. The second-order valence-corrected chi connectivity index (χ2v) is 4.36. The molecule has 0 bridgehead atoms. The Labute approximate surface area is 104 Å². The maximum atomic E-state index is 11.3. The van der Waals surface area contributed by atoms with Crippen LogP contribution in [0.15, 0.2) is 42.5 Å². The number of amides is 2. The van der Waals surface area contributed by atoms with Crippen molar-refractivity contribution in [2.75, 3.05) is 18.0 Å². The summed E-state index contributed by atoms with van der Waals surface area (Å²) >= 11 is 0. The van der Waals surface area contributed by atoms with Crippen molar-refractivity contribution in [3.05, 3.63) is 42.5 Å². The SMILES string of the molecule is O=C1CN(c2ccc3ccccc3c2)CC(=O)N1. The minimum absolute atomic E-state index is 0.226. The first-order valence-corrected chi connectivity index (χ1v) is 5.79. The van der Waals surface area contributed by atoms with Crippen LogP contribution in [-0.2, 0) is 9.59 Å². The zero-order valence-corrected chi connectivity index (χ0v) is 9.72. The Balaban J connectivity index is 1.98. The van der Waals surface area contributed by atoms with Crippen LogP contribution in [0.4, 0.5) is 5.69 Å². The van der Waals surface area contributed by atoms with E-state index in [1.54, 1.807) is 4.90 Å².